The minimum absolute atomic E-state index is 0.757. The third kappa shape index (κ3) is 2.82. The van der Waals surface area contributed by atoms with Gasteiger partial charge in [-0.2, -0.15) is 0 Å². The molecule has 1 N–H and O–H groups in total. The number of hydrogen-bond acceptors (Lipinski definition) is 2. The average molecular weight is 195 g/mol. The number of nitrogens with one attached hydrogen (secondary N) is 1. The van der Waals surface area contributed by atoms with E-state index in [1.807, 2.05) is 0 Å². The fourth-order valence-corrected chi connectivity index (χ4v) is 2.40. The lowest BCUT2D eigenvalue weighted by Gasteiger charge is -2.17. The highest BCUT2D eigenvalue weighted by Gasteiger charge is 2.20. The van der Waals surface area contributed by atoms with Crippen molar-refractivity contribution in [3.63, 3.8) is 0 Å². The Labute approximate surface area is 86.7 Å². The van der Waals surface area contributed by atoms with Crippen molar-refractivity contribution in [3.8, 4) is 0 Å². The first-order valence-corrected chi connectivity index (χ1v) is 5.83. The molecule has 14 heavy (non-hydrogen) atoms. The Bertz CT molecular complexity index is 212. The molecule has 80 valence electrons. The van der Waals surface area contributed by atoms with Crippen LogP contribution in [0, 0.1) is 5.92 Å². The quantitative estimate of drug-likeness (QED) is 0.696. The Morgan fingerprint density at radius 1 is 1.50 bits per heavy atom. The molecule has 0 radical (unpaired) electrons. The maximum absolute atomic E-state index is 5.41. The topological polar surface area (TPSA) is 21.3 Å². The summed E-state index contributed by atoms with van der Waals surface area (Å²) >= 11 is 0. The number of rotatable bonds is 3. The van der Waals surface area contributed by atoms with Gasteiger partial charge in [0.1, 0.15) is 0 Å². The van der Waals surface area contributed by atoms with Crippen molar-refractivity contribution in [2.75, 3.05) is 19.8 Å². The summed E-state index contributed by atoms with van der Waals surface area (Å²) in [6.07, 6.45) is 7.53. The van der Waals surface area contributed by atoms with E-state index in [4.69, 9.17) is 4.74 Å². The minimum atomic E-state index is 0.757. The van der Waals surface area contributed by atoms with Crippen LogP contribution in [0.5, 0.6) is 0 Å². The SMILES string of the molecule is CC1CCC(NCC2=CCCOC2)C1. The van der Waals surface area contributed by atoms with Gasteiger partial charge in [0.05, 0.1) is 13.2 Å². The molecule has 0 aromatic rings. The Hall–Kier alpha value is -0.340. The normalized spacial score (nSPS) is 33.1. The molecular weight excluding hydrogens is 174 g/mol. The van der Waals surface area contributed by atoms with Crippen LogP contribution >= 0.6 is 0 Å². The van der Waals surface area contributed by atoms with Crippen LogP contribution in [0.15, 0.2) is 11.6 Å². The number of ether oxygens (including phenoxy) is 1. The van der Waals surface area contributed by atoms with Crippen LogP contribution in [0.2, 0.25) is 0 Å². The zero-order chi connectivity index (χ0) is 9.80. The molecule has 2 aliphatic rings. The lowest BCUT2D eigenvalue weighted by Crippen LogP contribution is -2.30. The highest BCUT2D eigenvalue weighted by atomic mass is 16.5. The molecule has 1 aliphatic heterocycles. The Morgan fingerprint density at radius 3 is 3.07 bits per heavy atom. The van der Waals surface area contributed by atoms with E-state index in [1.54, 1.807) is 0 Å². The molecule has 2 heteroatoms. The van der Waals surface area contributed by atoms with Crippen molar-refractivity contribution in [2.24, 2.45) is 5.92 Å². The molecule has 1 saturated carbocycles. The first-order valence-electron chi connectivity index (χ1n) is 5.83. The maximum atomic E-state index is 5.41. The van der Waals surface area contributed by atoms with E-state index in [-0.39, 0.29) is 0 Å². The first-order chi connectivity index (χ1) is 6.84. The van der Waals surface area contributed by atoms with E-state index in [0.29, 0.717) is 0 Å². The van der Waals surface area contributed by atoms with E-state index in [9.17, 15) is 0 Å². The molecule has 0 saturated heterocycles. The molecule has 0 spiro atoms. The van der Waals surface area contributed by atoms with E-state index in [1.165, 1.54) is 24.8 Å². The van der Waals surface area contributed by atoms with E-state index < -0.39 is 0 Å². The molecule has 0 aromatic heterocycles. The lowest BCUT2D eigenvalue weighted by atomic mass is 10.1. The lowest BCUT2D eigenvalue weighted by molar-refractivity contribution is 0.148. The second kappa shape index (κ2) is 4.94. The molecule has 1 fully saturated rings. The Kier molecular flexibility index (Phi) is 3.60. The van der Waals surface area contributed by atoms with Gasteiger partial charge >= 0.3 is 0 Å². The third-order valence-electron chi connectivity index (χ3n) is 3.30. The molecule has 2 nitrogen and oxygen atoms in total. The van der Waals surface area contributed by atoms with Crippen molar-refractivity contribution < 1.29 is 4.74 Å². The summed E-state index contributed by atoms with van der Waals surface area (Å²) in [6, 6.07) is 0.757. The summed E-state index contributed by atoms with van der Waals surface area (Å²) in [5.41, 5.74) is 1.44. The van der Waals surface area contributed by atoms with Crippen LogP contribution in [0.3, 0.4) is 0 Å². The summed E-state index contributed by atoms with van der Waals surface area (Å²) in [6.45, 7) is 5.14. The summed E-state index contributed by atoms with van der Waals surface area (Å²) in [5, 5.41) is 3.63. The molecule has 2 rings (SSSR count). The van der Waals surface area contributed by atoms with Crippen LogP contribution in [0.1, 0.15) is 32.6 Å². The van der Waals surface area contributed by atoms with Gasteiger partial charge in [0.2, 0.25) is 0 Å². The molecule has 2 atom stereocenters. The summed E-state index contributed by atoms with van der Waals surface area (Å²) < 4.78 is 5.41. The Morgan fingerprint density at radius 2 is 2.43 bits per heavy atom. The fourth-order valence-electron chi connectivity index (χ4n) is 2.40. The van der Waals surface area contributed by atoms with Gasteiger partial charge in [-0.25, -0.2) is 0 Å². The largest absolute Gasteiger partial charge is 0.377 e. The highest BCUT2D eigenvalue weighted by molar-refractivity contribution is 5.07. The van der Waals surface area contributed by atoms with Crippen LogP contribution in [-0.2, 0) is 4.74 Å². The molecule has 0 bridgehead atoms. The monoisotopic (exact) mass is 195 g/mol. The number of hydrogen-bond donors (Lipinski definition) is 1. The smallest absolute Gasteiger partial charge is 0.0689 e. The molecule has 1 heterocycles. The van der Waals surface area contributed by atoms with Crippen molar-refractivity contribution in [1.29, 1.82) is 0 Å². The van der Waals surface area contributed by atoms with Crippen LogP contribution in [0.4, 0.5) is 0 Å². The second-order valence-corrected chi connectivity index (χ2v) is 4.70. The van der Waals surface area contributed by atoms with Gasteiger partial charge < -0.3 is 10.1 Å². The molecule has 2 unspecified atom stereocenters. The molecular formula is C12H21NO. The first kappa shape index (κ1) is 10.2. The Balaban J connectivity index is 1.69. The van der Waals surface area contributed by atoms with E-state index >= 15 is 0 Å². The second-order valence-electron chi connectivity index (χ2n) is 4.70. The summed E-state index contributed by atoms with van der Waals surface area (Å²) in [5.74, 6) is 0.920. The van der Waals surface area contributed by atoms with E-state index in [0.717, 1.165) is 38.1 Å². The van der Waals surface area contributed by atoms with E-state index in [2.05, 4.69) is 18.3 Å². The average Bonchev–Trinajstić information content (AvgIpc) is 2.63. The maximum Gasteiger partial charge on any atom is 0.0689 e. The molecule has 0 aromatic carbocycles. The van der Waals surface area contributed by atoms with Crippen molar-refractivity contribution in [3.05, 3.63) is 11.6 Å². The van der Waals surface area contributed by atoms with Crippen LogP contribution < -0.4 is 5.32 Å². The summed E-state index contributed by atoms with van der Waals surface area (Å²) in [7, 11) is 0. The van der Waals surface area contributed by atoms with Crippen molar-refractivity contribution in [1.82, 2.24) is 5.32 Å². The van der Waals surface area contributed by atoms with Gasteiger partial charge in [-0.3, -0.25) is 0 Å². The van der Waals surface area contributed by atoms with Crippen molar-refractivity contribution >= 4 is 0 Å². The zero-order valence-corrected chi connectivity index (χ0v) is 9.09. The standard InChI is InChI=1S/C12H21NO/c1-10-4-5-12(7-10)13-8-11-3-2-6-14-9-11/h3,10,12-13H,2,4-9H2,1H3. The van der Waals surface area contributed by atoms with Gasteiger partial charge in [0, 0.05) is 12.6 Å². The van der Waals surface area contributed by atoms with Gasteiger partial charge in [-0.1, -0.05) is 13.0 Å². The highest BCUT2D eigenvalue weighted by Crippen LogP contribution is 2.24. The van der Waals surface area contributed by atoms with Gasteiger partial charge in [-0.05, 0) is 37.2 Å². The molecule has 1 aliphatic carbocycles. The molecule has 0 amide bonds. The predicted octanol–water partition coefficient (Wildman–Crippen LogP) is 2.11. The van der Waals surface area contributed by atoms with Crippen LogP contribution in [-0.4, -0.2) is 25.8 Å². The summed E-state index contributed by atoms with van der Waals surface area (Å²) in [4.78, 5) is 0. The van der Waals surface area contributed by atoms with Gasteiger partial charge in [0.25, 0.3) is 0 Å². The fraction of sp³-hybridized carbons (Fsp3) is 0.833. The van der Waals surface area contributed by atoms with Gasteiger partial charge in [-0.15, -0.1) is 0 Å². The predicted molar refractivity (Wildman–Crippen MR) is 58.3 cm³/mol. The van der Waals surface area contributed by atoms with Crippen molar-refractivity contribution in [2.45, 2.75) is 38.6 Å². The minimum Gasteiger partial charge on any atom is -0.377 e. The zero-order valence-electron chi connectivity index (χ0n) is 9.09. The van der Waals surface area contributed by atoms with Crippen LogP contribution in [0.25, 0.3) is 0 Å². The third-order valence-corrected chi connectivity index (χ3v) is 3.30. The van der Waals surface area contributed by atoms with Gasteiger partial charge in [0.15, 0.2) is 0 Å².